The molecule has 22 heavy (non-hydrogen) atoms. The average Bonchev–Trinajstić information content (AvgIpc) is 3.06. The number of nitrogens with zero attached hydrogens (tertiary/aromatic N) is 2. The first-order chi connectivity index (χ1) is 10.8. The van der Waals surface area contributed by atoms with Crippen molar-refractivity contribution in [3.8, 4) is 5.69 Å². The molecule has 0 radical (unpaired) electrons. The van der Waals surface area contributed by atoms with E-state index in [1.165, 1.54) is 19.3 Å². The van der Waals surface area contributed by atoms with E-state index in [9.17, 15) is 4.79 Å². The van der Waals surface area contributed by atoms with Gasteiger partial charge in [0, 0.05) is 12.2 Å². The number of para-hydroxylation sites is 1. The summed E-state index contributed by atoms with van der Waals surface area (Å²) in [4.78, 5) is 12.3. The second-order valence-corrected chi connectivity index (χ2v) is 6.08. The molecule has 2 aromatic rings. The van der Waals surface area contributed by atoms with Crippen LogP contribution in [0.5, 0.6) is 0 Å². The van der Waals surface area contributed by atoms with Crippen molar-refractivity contribution >= 4 is 5.91 Å². The molecule has 1 heterocycles. The molecule has 1 amide bonds. The molecule has 1 aliphatic carbocycles. The van der Waals surface area contributed by atoms with Crippen LogP contribution in [0.25, 0.3) is 5.69 Å². The van der Waals surface area contributed by atoms with E-state index in [1.54, 1.807) is 10.7 Å². The van der Waals surface area contributed by atoms with E-state index in [1.807, 2.05) is 36.5 Å². The van der Waals surface area contributed by atoms with E-state index in [2.05, 4.69) is 17.3 Å². The first-order valence-corrected chi connectivity index (χ1v) is 8.18. The second-order valence-electron chi connectivity index (χ2n) is 6.08. The zero-order valence-electron chi connectivity index (χ0n) is 13.0. The molecule has 0 unspecified atom stereocenters. The number of benzene rings is 1. The van der Waals surface area contributed by atoms with Crippen molar-refractivity contribution in [2.75, 3.05) is 0 Å². The van der Waals surface area contributed by atoms with Crippen molar-refractivity contribution in [1.29, 1.82) is 0 Å². The molecule has 1 aliphatic rings. The van der Waals surface area contributed by atoms with Gasteiger partial charge in [-0.3, -0.25) is 4.79 Å². The lowest BCUT2D eigenvalue weighted by molar-refractivity contribution is 0.0916. The Morgan fingerprint density at radius 2 is 1.91 bits per heavy atom. The van der Waals surface area contributed by atoms with E-state index < -0.39 is 0 Å². The lowest BCUT2D eigenvalue weighted by atomic mass is 9.84. The van der Waals surface area contributed by atoms with Crippen LogP contribution in [0.1, 0.15) is 49.5 Å². The number of rotatable bonds is 4. The molecule has 116 valence electrons. The number of amides is 1. The smallest absolute Gasteiger partial charge is 0.272 e. The Labute approximate surface area is 131 Å². The maximum atomic E-state index is 12.3. The fourth-order valence-corrected chi connectivity index (χ4v) is 3.14. The van der Waals surface area contributed by atoms with Crippen molar-refractivity contribution in [1.82, 2.24) is 15.1 Å². The van der Waals surface area contributed by atoms with Crippen LogP contribution in [0.3, 0.4) is 0 Å². The van der Waals surface area contributed by atoms with Crippen molar-refractivity contribution in [2.24, 2.45) is 5.92 Å². The van der Waals surface area contributed by atoms with Crippen LogP contribution >= 0.6 is 0 Å². The summed E-state index contributed by atoms with van der Waals surface area (Å²) in [5.74, 6) is 0.778. The van der Waals surface area contributed by atoms with Crippen LogP contribution in [0, 0.1) is 5.92 Å². The van der Waals surface area contributed by atoms with Gasteiger partial charge >= 0.3 is 0 Å². The lowest BCUT2D eigenvalue weighted by Crippen LogP contribution is -2.37. The van der Waals surface area contributed by atoms with E-state index in [0.29, 0.717) is 11.7 Å². The molecule has 0 bridgehead atoms. The molecule has 0 aliphatic heterocycles. The van der Waals surface area contributed by atoms with Crippen LogP contribution in [0.2, 0.25) is 0 Å². The van der Waals surface area contributed by atoms with E-state index in [-0.39, 0.29) is 5.91 Å². The molecule has 0 saturated heterocycles. The molecule has 1 saturated carbocycles. The summed E-state index contributed by atoms with van der Waals surface area (Å²) in [5.41, 5.74) is 1.45. The molecule has 4 nitrogen and oxygen atoms in total. The molecule has 1 fully saturated rings. The van der Waals surface area contributed by atoms with Gasteiger partial charge in [-0.2, -0.15) is 5.10 Å². The highest BCUT2D eigenvalue weighted by atomic mass is 16.2. The summed E-state index contributed by atoms with van der Waals surface area (Å²) in [5, 5.41) is 7.51. The second kappa shape index (κ2) is 6.77. The van der Waals surface area contributed by atoms with Crippen LogP contribution in [-0.2, 0) is 0 Å². The maximum Gasteiger partial charge on any atom is 0.272 e. The maximum absolute atomic E-state index is 12.3. The predicted molar refractivity (Wildman–Crippen MR) is 87.1 cm³/mol. The highest BCUT2D eigenvalue weighted by Gasteiger charge is 2.22. The number of hydrogen-bond acceptors (Lipinski definition) is 2. The minimum absolute atomic E-state index is 0.0605. The van der Waals surface area contributed by atoms with Crippen molar-refractivity contribution in [3.63, 3.8) is 0 Å². The highest BCUT2D eigenvalue weighted by molar-refractivity contribution is 5.92. The number of aromatic nitrogens is 2. The average molecular weight is 297 g/mol. The molecule has 1 N–H and O–H groups in total. The largest absolute Gasteiger partial charge is 0.348 e. The third-order valence-electron chi connectivity index (χ3n) is 4.60. The van der Waals surface area contributed by atoms with Crippen LogP contribution in [-0.4, -0.2) is 21.7 Å². The fourth-order valence-electron chi connectivity index (χ4n) is 3.14. The topological polar surface area (TPSA) is 46.9 Å². The Morgan fingerprint density at radius 3 is 2.59 bits per heavy atom. The summed E-state index contributed by atoms with van der Waals surface area (Å²) in [6.07, 6.45) is 7.70. The molecule has 3 rings (SSSR count). The molecule has 4 heteroatoms. The van der Waals surface area contributed by atoms with Gasteiger partial charge in [0.1, 0.15) is 0 Å². The number of carbonyl (C=O) groups is 1. The summed E-state index contributed by atoms with van der Waals surface area (Å²) in [6.45, 7) is 2.25. The minimum Gasteiger partial charge on any atom is -0.348 e. The van der Waals surface area contributed by atoms with E-state index in [0.717, 1.165) is 24.4 Å². The minimum atomic E-state index is -0.0605. The van der Waals surface area contributed by atoms with Gasteiger partial charge in [0.25, 0.3) is 5.91 Å². The number of carbonyl (C=O) groups excluding carboxylic acids is 1. The van der Waals surface area contributed by atoms with Gasteiger partial charge in [-0.25, -0.2) is 4.68 Å². The summed E-state index contributed by atoms with van der Waals surface area (Å²) >= 11 is 0. The van der Waals surface area contributed by atoms with E-state index in [4.69, 9.17) is 0 Å². The Hall–Kier alpha value is -2.10. The van der Waals surface area contributed by atoms with Gasteiger partial charge < -0.3 is 5.32 Å². The Morgan fingerprint density at radius 1 is 1.18 bits per heavy atom. The van der Waals surface area contributed by atoms with Gasteiger partial charge in [-0.15, -0.1) is 0 Å². The normalized spacial score (nSPS) is 21.5. The molecule has 0 spiro atoms. The van der Waals surface area contributed by atoms with Gasteiger partial charge in [-0.05, 0) is 49.8 Å². The van der Waals surface area contributed by atoms with Gasteiger partial charge in [0.2, 0.25) is 0 Å². The summed E-state index contributed by atoms with van der Waals surface area (Å²) < 4.78 is 1.74. The Bertz CT molecular complexity index is 612. The standard InChI is InChI=1S/C18H23N3O/c1-2-14-8-10-15(11-9-14)19-18(22)17-12-13-21(20-17)16-6-4-3-5-7-16/h3-7,12-15H,2,8-11H2,1H3,(H,19,22). The van der Waals surface area contributed by atoms with Gasteiger partial charge in [0.15, 0.2) is 5.69 Å². The summed E-state index contributed by atoms with van der Waals surface area (Å²) in [6, 6.07) is 11.9. The zero-order valence-corrected chi connectivity index (χ0v) is 13.0. The van der Waals surface area contributed by atoms with Crippen LogP contribution < -0.4 is 5.32 Å². The Kier molecular flexibility index (Phi) is 4.56. The molecular formula is C18H23N3O. The van der Waals surface area contributed by atoms with Gasteiger partial charge in [-0.1, -0.05) is 31.5 Å². The molecule has 1 aromatic heterocycles. The van der Waals surface area contributed by atoms with Crippen LogP contribution in [0.15, 0.2) is 42.6 Å². The molecule has 1 aromatic carbocycles. The third-order valence-corrected chi connectivity index (χ3v) is 4.60. The van der Waals surface area contributed by atoms with Gasteiger partial charge in [0.05, 0.1) is 5.69 Å². The molecular weight excluding hydrogens is 274 g/mol. The van der Waals surface area contributed by atoms with Crippen LogP contribution in [0.4, 0.5) is 0 Å². The Balaban J connectivity index is 1.60. The fraction of sp³-hybridized carbons (Fsp3) is 0.444. The summed E-state index contributed by atoms with van der Waals surface area (Å²) in [7, 11) is 0. The highest BCUT2D eigenvalue weighted by Crippen LogP contribution is 2.26. The predicted octanol–water partition coefficient (Wildman–Crippen LogP) is 3.57. The first kappa shape index (κ1) is 14.8. The SMILES string of the molecule is CCC1CCC(NC(=O)c2ccn(-c3ccccc3)n2)CC1. The monoisotopic (exact) mass is 297 g/mol. The van der Waals surface area contributed by atoms with Crippen molar-refractivity contribution < 1.29 is 4.79 Å². The van der Waals surface area contributed by atoms with Crippen molar-refractivity contribution in [3.05, 3.63) is 48.3 Å². The lowest BCUT2D eigenvalue weighted by Gasteiger charge is -2.28. The zero-order chi connectivity index (χ0) is 15.4. The van der Waals surface area contributed by atoms with E-state index >= 15 is 0 Å². The molecule has 0 atom stereocenters. The number of hydrogen-bond donors (Lipinski definition) is 1. The first-order valence-electron chi connectivity index (χ1n) is 8.18. The quantitative estimate of drug-likeness (QED) is 0.937. The number of nitrogens with one attached hydrogen (secondary N) is 1. The van der Waals surface area contributed by atoms with Crippen molar-refractivity contribution in [2.45, 2.75) is 45.1 Å². The third kappa shape index (κ3) is 3.38.